The van der Waals surface area contributed by atoms with E-state index in [4.69, 9.17) is 0 Å². The zero-order valence-corrected chi connectivity index (χ0v) is 18.7. The van der Waals surface area contributed by atoms with Crippen molar-refractivity contribution >= 4 is 28.5 Å². The van der Waals surface area contributed by atoms with Gasteiger partial charge in [-0.1, -0.05) is 30.3 Å². The summed E-state index contributed by atoms with van der Waals surface area (Å²) in [6.45, 7) is 2.08. The standard InChI is InChI=1S/C22H21N7O4.H2O/c1-14(16-9-11-17(12-10-16)29(32)33)24-25-21-23-19-18(20(30)27(3)22(31)26(19)2)28(21)13-15-7-5-4-6-8-15;/h4-12H,13H2,1-3H3,(H,23,25);1H2/b24-14+;. The van der Waals surface area contributed by atoms with Gasteiger partial charge in [0.05, 0.1) is 17.2 Å². The zero-order valence-electron chi connectivity index (χ0n) is 18.7. The van der Waals surface area contributed by atoms with Gasteiger partial charge in [-0.3, -0.25) is 28.6 Å². The van der Waals surface area contributed by atoms with Gasteiger partial charge >= 0.3 is 5.69 Å². The lowest BCUT2D eigenvalue weighted by molar-refractivity contribution is -0.384. The molecule has 12 nitrogen and oxygen atoms in total. The normalized spacial score (nSPS) is 11.3. The minimum atomic E-state index is -0.478. The number of nitro groups is 1. The van der Waals surface area contributed by atoms with Gasteiger partial charge in [-0.25, -0.2) is 10.2 Å². The summed E-state index contributed by atoms with van der Waals surface area (Å²) in [5.74, 6) is 0.286. The topological polar surface area (TPSA) is 161 Å². The number of rotatable bonds is 6. The number of imidazole rings is 1. The number of fused-ring (bicyclic) bond motifs is 1. The van der Waals surface area contributed by atoms with Crippen molar-refractivity contribution in [3.05, 3.63) is 96.7 Å². The van der Waals surface area contributed by atoms with Crippen LogP contribution in [0.4, 0.5) is 11.6 Å². The van der Waals surface area contributed by atoms with E-state index in [9.17, 15) is 19.7 Å². The highest BCUT2D eigenvalue weighted by atomic mass is 16.6. The number of nitrogens with one attached hydrogen (secondary N) is 1. The molecule has 4 aromatic rings. The molecule has 3 N–H and O–H groups in total. The molecule has 0 unspecified atom stereocenters. The Morgan fingerprint density at radius 3 is 2.32 bits per heavy atom. The molecule has 0 atom stereocenters. The van der Waals surface area contributed by atoms with E-state index in [0.29, 0.717) is 17.8 Å². The van der Waals surface area contributed by atoms with E-state index in [0.717, 1.165) is 10.1 Å². The molecule has 12 heteroatoms. The molecule has 0 amide bonds. The van der Waals surface area contributed by atoms with Crippen LogP contribution in [0.15, 0.2) is 69.3 Å². The third kappa shape index (κ3) is 4.34. The highest BCUT2D eigenvalue weighted by Crippen LogP contribution is 2.19. The van der Waals surface area contributed by atoms with Gasteiger partial charge in [-0.15, -0.1) is 0 Å². The van der Waals surface area contributed by atoms with Crippen LogP contribution in [0.25, 0.3) is 11.2 Å². The minimum absolute atomic E-state index is 0. The molecule has 176 valence electrons. The summed E-state index contributed by atoms with van der Waals surface area (Å²) >= 11 is 0. The van der Waals surface area contributed by atoms with Crippen LogP contribution in [0.1, 0.15) is 18.1 Å². The maximum absolute atomic E-state index is 12.9. The van der Waals surface area contributed by atoms with E-state index >= 15 is 0 Å². The van der Waals surface area contributed by atoms with Gasteiger partial charge in [-0.05, 0) is 30.2 Å². The quantitative estimate of drug-likeness (QED) is 0.257. The number of nitrogens with zero attached hydrogens (tertiary/aromatic N) is 6. The van der Waals surface area contributed by atoms with Crippen LogP contribution < -0.4 is 16.7 Å². The summed E-state index contributed by atoms with van der Waals surface area (Å²) in [6, 6.07) is 15.5. The largest absolute Gasteiger partial charge is 0.412 e. The second kappa shape index (κ2) is 9.50. The van der Waals surface area contributed by atoms with Crippen LogP contribution in [0, 0.1) is 10.1 Å². The van der Waals surface area contributed by atoms with Gasteiger partial charge in [0.2, 0.25) is 5.95 Å². The van der Waals surface area contributed by atoms with Crippen molar-refractivity contribution in [1.82, 2.24) is 18.7 Å². The predicted molar refractivity (Wildman–Crippen MR) is 128 cm³/mol. The van der Waals surface area contributed by atoms with E-state index in [1.807, 2.05) is 30.3 Å². The minimum Gasteiger partial charge on any atom is -0.412 e. The maximum atomic E-state index is 12.9. The van der Waals surface area contributed by atoms with Crippen molar-refractivity contribution in [1.29, 1.82) is 0 Å². The van der Waals surface area contributed by atoms with Gasteiger partial charge in [0.1, 0.15) is 0 Å². The Morgan fingerprint density at radius 1 is 1.06 bits per heavy atom. The first-order valence-electron chi connectivity index (χ1n) is 10.0. The second-order valence-electron chi connectivity index (χ2n) is 7.50. The molecule has 4 rings (SSSR count). The van der Waals surface area contributed by atoms with Gasteiger partial charge < -0.3 is 5.48 Å². The van der Waals surface area contributed by atoms with Crippen molar-refractivity contribution in [3.8, 4) is 0 Å². The first-order chi connectivity index (χ1) is 15.8. The third-order valence-electron chi connectivity index (χ3n) is 5.35. The number of hydrazone groups is 1. The third-order valence-corrected chi connectivity index (χ3v) is 5.35. The Morgan fingerprint density at radius 2 is 1.71 bits per heavy atom. The van der Waals surface area contributed by atoms with E-state index in [2.05, 4.69) is 15.5 Å². The fourth-order valence-corrected chi connectivity index (χ4v) is 3.47. The molecule has 0 bridgehead atoms. The molecule has 2 aromatic carbocycles. The number of benzene rings is 2. The fraction of sp³-hybridized carbons (Fsp3) is 0.182. The van der Waals surface area contributed by atoms with Gasteiger partial charge in [0, 0.05) is 26.2 Å². The Hall–Kier alpha value is -4.58. The molecule has 0 aliphatic rings. The molecule has 0 aliphatic heterocycles. The lowest BCUT2D eigenvalue weighted by Crippen LogP contribution is -2.37. The van der Waals surface area contributed by atoms with Gasteiger partial charge in [0.25, 0.3) is 11.2 Å². The number of aromatic nitrogens is 4. The average Bonchev–Trinajstić information content (AvgIpc) is 3.18. The van der Waals surface area contributed by atoms with Crippen LogP contribution >= 0.6 is 0 Å². The van der Waals surface area contributed by atoms with E-state index in [-0.39, 0.29) is 28.3 Å². The molecule has 0 spiro atoms. The second-order valence-corrected chi connectivity index (χ2v) is 7.50. The molecular weight excluding hydrogens is 442 g/mol. The monoisotopic (exact) mass is 465 g/mol. The SMILES string of the molecule is C/C(=N\Nc1nc2c(c(=O)n(C)c(=O)n2C)n1Cc1ccccc1)c1ccc([N+](=O)[O-])cc1.O. The lowest BCUT2D eigenvalue weighted by atomic mass is 10.1. The van der Waals surface area contributed by atoms with Crippen LogP contribution in [0.2, 0.25) is 0 Å². The van der Waals surface area contributed by atoms with Crippen molar-refractivity contribution < 1.29 is 10.4 Å². The Bertz CT molecular complexity index is 1500. The molecule has 0 aliphatic carbocycles. The smallest absolute Gasteiger partial charge is 0.332 e. The lowest BCUT2D eigenvalue weighted by Gasteiger charge is -2.10. The molecule has 2 aromatic heterocycles. The van der Waals surface area contributed by atoms with Gasteiger partial charge in [-0.2, -0.15) is 10.1 Å². The molecule has 0 fully saturated rings. The molecular formula is C22H23N7O5. The molecule has 0 saturated carbocycles. The summed E-state index contributed by atoms with van der Waals surface area (Å²) in [6.07, 6.45) is 0. The molecule has 0 saturated heterocycles. The van der Waals surface area contributed by atoms with E-state index < -0.39 is 16.2 Å². The van der Waals surface area contributed by atoms with Crippen LogP contribution in [-0.4, -0.2) is 34.8 Å². The molecule has 34 heavy (non-hydrogen) atoms. The number of hydrogen-bond donors (Lipinski definition) is 1. The highest BCUT2D eigenvalue weighted by molar-refractivity contribution is 5.99. The van der Waals surface area contributed by atoms with Crippen molar-refractivity contribution in [3.63, 3.8) is 0 Å². The Kier molecular flexibility index (Phi) is 6.73. The zero-order chi connectivity index (χ0) is 23.7. The van der Waals surface area contributed by atoms with Crippen LogP contribution in [-0.2, 0) is 20.6 Å². The van der Waals surface area contributed by atoms with Crippen molar-refractivity contribution in [2.75, 3.05) is 5.43 Å². The van der Waals surface area contributed by atoms with Gasteiger partial charge in [0.15, 0.2) is 11.2 Å². The van der Waals surface area contributed by atoms with Crippen LogP contribution in [0.3, 0.4) is 0 Å². The summed E-state index contributed by atoms with van der Waals surface area (Å²) in [5.41, 5.74) is 4.64. The number of hydrogen-bond acceptors (Lipinski definition) is 7. The average molecular weight is 465 g/mol. The predicted octanol–water partition coefficient (Wildman–Crippen LogP) is 1.40. The Labute approximate surface area is 192 Å². The highest BCUT2D eigenvalue weighted by Gasteiger charge is 2.19. The summed E-state index contributed by atoms with van der Waals surface area (Å²) in [4.78, 5) is 40.2. The summed E-state index contributed by atoms with van der Waals surface area (Å²) in [5, 5.41) is 15.2. The van der Waals surface area contributed by atoms with E-state index in [1.165, 1.54) is 23.7 Å². The van der Waals surface area contributed by atoms with E-state index in [1.54, 1.807) is 30.7 Å². The van der Waals surface area contributed by atoms with Crippen LogP contribution in [0.5, 0.6) is 0 Å². The fourth-order valence-electron chi connectivity index (χ4n) is 3.47. The first kappa shape index (κ1) is 24.1. The summed E-state index contributed by atoms with van der Waals surface area (Å²) < 4.78 is 4.04. The summed E-state index contributed by atoms with van der Waals surface area (Å²) in [7, 11) is 2.98. The number of non-ortho nitro benzene ring substituents is 1. The number of nitro benzene ring substituents is 1. The Balaban J connectivity index is 0.00000324. The molecule has 2 heterocycles. The number of aryl methyl sites for hydroxylation is 1. The van der Waals surface area contributed by atoms with Crippen molar-refractivity contribution in [2.24, 2.45) is 19.2 Å². The number of anilines is 1. The molecule has 0 radical (unpaired) electrons. The first-order valence-corrected chi connectivity index (χ1v) is 10.0. The van der Waals surface area contributed by atoms with Crippen molar-refractivity contribution in [2.45, 2.75) is 13.5 Å². The maximum Gasteiger partial charge on any atom is 0.332 e.